The highest BCUT2D eigenvalue weighted by Crippen LogP contribution is 2.56. The Labute approximate surface area is 93.3 Å². The molecule has 1 aliphatic rings. The quantitative estimate of drug-likeness (QED) is 0.553. The first-order valence-corrected chi connectivity index (χ1v) is 9.08. The van der Waals surface area contributed by atoms with Crippen molar-refractivity contribution in [1.82, 2.24) is 4.31 Å². The van der Waals surface area contributed by atoms with Crippen molar-refractivity contribution in [3.05, 3.63) is 0 Å². The van der Waals surface area contributed by atoms with Crippen LogP contribution < -0.4 is 0 Å². The molecule has 0 aromatic rings. The molecule has 1 saturated heterocycles. The van der Waals surface area contributed by atoms with Gasteiger partial charge in [-0.05, 0) is 17.9 Å². The molecule has 0 aromatic heterocycles. The molecular weight excluding hydrogens is 218 g/mol. The lowest BCUT2D eigenvalue weighted by molar-refractivity contribution is 0.287. The molecule has 0 radical (unpaired) electrons. The minimum absolute atomic E-state index is 0.369. The predicted octanol–water partition coefficient (Wildman–Crippen LogP) is 3.23. The Balaban J connectivity index is 2.76. The number of hydrogen-bond acceptors (Lipinski definition) is 3. The molecule has 80 valence electrons. The molecular formula is C9H21NS3. The largest absolute Gasteiger partial charge is 0.245 e. The topological polar surface area (TPSA) is 3.24 Å². The van der Waals surface area contributed by atoms with Crippen molar-refractivity contribution < 1.29 is 0 Å². The summed E-state index contributed by atoms with van der Waals surface area (Å²) in [6.45, 7) is 8.17. The van der Waals surface area contributed by atoms with Gasteiger partial charge in [0.1, 0.15) is 0 Å². The summed E-state index contributed by atoms with van der Waals surface area (Å²) in [5.41, 5.74) is 0.369. The Morgan fingerprint density at radius 3 is 2.23 bits per heavy atom. The van der Waals surface area contributed by atoms with E-state index >= 15 is 0 Å². The third-order valence-corrected chi connectivity index (χ3v) is 6.16. The van der Waals surface area contributed by atoms with E-state index in [9.17, 15) is 0 Å². The van der Waals surface area contributed by atoms with E-state index < -0.39 is 9.25 Å². The van der Waals surface area contributed by atoms with Gasteiger partial charge in [0, 0.05) is 12.3 Å². The average molecular weight is 239 g/mol. The van der Waals surface area contributed by atoms with Crippen LogP contribution in [-0.4, -0.2) is 34.5 Å². The minimum atomic E-state index is -0.828. The lowest BCUT2D eigenvalue weighted by Crippen LogP contribution is -2.37. The molecule has 4 heteroatoms. The third-order valence-electron chi connectivity index (χ3n) is 2.16. The van der Waals surface area contributed by atoms with Gasteiger partial charge in [-0.2, -0.15) is 0 Å². The molecule has 0 bridgehead atoms. The lowest BCUT2D eigenvalue weighted by atomic mass is 9.96. The molecule has 1 unspecified atom stereocenters. The van der Waals surface area contributed by atoms with Crippen molar-refractivity contribution in [2.24, 2.45) is 5.41 Å². The van der Waals surface area contributed by atoms with E-state index in [0.29, 0.717) is 10.8 Å². The molecule has 0 aromatic carbocycles. The van der Waals surface area contributed by atoms with E-state index in [1.165, 1.54) is 12.3 Å². The summed E-state index contributed by atoms with van der Waals surface area (Å²) in [6.07, 6.45) is 4.53. The lowest BCUT2D eigenvalue weighted by Gasteiger charge is -2.44. The molecule has 1 heterocycles. The number of hydrogen-bond donors (Lipinski definition) is 1. The second kappa shape index (κ2) is 3.87. The first-order valence-electron chi connectivity index (χ1n) is 4.57. The zero-order valence-corrected chi connectivity index (χ0v) is 11.7. The number of thiol groups is 1. The van der Waals surface area contributed by atoms with Crippen molar-refractivity contribution >= 4 is 32.7 Å². The van der Waals surface area contributed by atoms with Crippen molar-refractivity contribution in [2.45, 2.75) is 26.1 Å². The second-order valence-corrected chi connectivity index (χ2v) is 11.7. The number of nitrogens with zero attached hydrogens (tertiary/aromatic N) is 1. The summed E-state index contributed by atoms with van der Waals surface area (Å²) in [4.78, 5) is 0. The standard InChI is InChI=1S/C9H21NS3/c1-9(2,3)8-10(6-7-12-8)13(4,5)11/h8,11H,6-7H2,1-5H3. The summed E-state index contributed by atoms with van der Waals surface area (Å²) in [6, 6.07) is 0. The molecule has 0 spiro atoms. The predicted molar refractivity (Wildman–Crippen MR) is 70.8 cm³/mol. The van der Waals surface area contributed by atoms with Crippen LogP contribution in [0.15, 0.2) is 0 Å². The van der Waals surface area contributed by atoms with Crippen LogP contribution in [0.3, 0.4) is 0 Å². The van der Waals surface area contributed by atoms with Crippen molar-refractivity contribution in [1.29, 1.82) is 0 Å². The van der Waals surface area contributed by atoms with Gasteiger partial charge in [-0.1, -0.05) is 20.8 Å². The van der Waals surface area contributed by atoms with Gasteiger partial charge in [-0.15, -0.1) is 32.7 Å². The maximum atomic E-state index is 4.74. The average Bonchev–Trinajstić information content (AvgIpc) is 2.27. The second-order valence-electron chi connectivity index (χ2n) is 4.95. The first kappa shape index (κ1) is 12.1. The summed E-state index contributed by atoms with van der Waals surface area (Å²) in [5.74, 6) is 1.26. The third kappa shape index (κ3) is 2.98. The van der Waals surface area contributed by atoms with E-state index in [4.69, 9.17) is 11.7 Å². The van der Waals surface area contributed by atoms with Crippen molar-refractivity contribution in [3.8, 4) is 0 Å². The van der Waals surface area contributed by atoms with E-state index in [1.807, 2.05) is 0 Å². The first-order chi connectivity index (χ1) is 5.73. The van der Waals surface area contributed by atoms with Crippen molar-refractivity contribution in [3.63, 3.8) is 0 Å². The molecule has 0 saturated carbocycles. The zero-order valence-electron chi connectivity index (χ0n) is 9.20. The van der Waals surface area contributed by atoms with Crippen LogP contribution in [0.4, 0.5) is 0 Å². The van der Waals surface area contributed by atoms with Gasteiger partial charge in [0.15, 0.2) is 0 Å². The van der Waals surface area contributed by atoms with Crippen LogP contribution in [0, 0.1) is 5.41 Å². The van der Waals surface area contributed by atoms with Gasteiger partial charge < -0.3 is 0 Å². The van der Waals surface area contributed by atoms with Crippen LogP contribution in [0.25, 0.3) is 0 Å². The normalized spacial score (nSPS) is 28.0. The molecule has 0 amide bonds. The van der Waals surface area contributed by atoms with Crippen LogP contribution in [0.1, 0.15) is 20.8 Å². The van der Waals surface area contributed by atoms with Gasteiger partial charge >= 0.3 is 0 Å². The molecule has 13 heavy (non-hydrogen) atoms. The van der Waals surface area contributed by atoms with E-state index in [0.717, 1.165) is 0 Å². The van der Waals surface area contributed by atoms with Crippen LogP contribution in [-0.2, 0) is 0 Å². The van der Waals surface area contributed by atoms with Gasteiger partial charge in [-0.25, -0.2) is 4.31 Å². The van der Waals surface area contributed by atoms with Gasteiger partial charge in [-0.3, -0.25) is 0 Å². The smallest absolute Gasteiger partial charge is 0.0696 e. The van der Waals surface area contributed by atoms with E-state index in [-0.39, 0.29) is 0 Å². The Bertz CT molecular complexity index is 160. The Morgan fingerprint density at radius 1 is 1.38 bits per heavy atom. The molecule has 1 fully saturated rings. The highest BCUT2D eigenvalue weighted by atomic mass is 33.1. The monoisotopic (exact) mass is 239 g/mol. The van der Waals surface area contributed by atoms with Crippen LogP contribution in [0.2, 0.25) is 0 Å². The maximum absolute atomic E-state index is 4.74. The van der Waals surface area contributed by atoms with Crippen LogP contribution >= 0.6 is 32.7 Å². The maximum Gasteiger partial charge on any atom is 0.0696 e. The highest BCUT2D eigenvalue weighted by Gasteiger charge is 2.38. The molecule has 1 rings (SSSR count). The summed E-state index contributed by atoms with van der Waals surface area (Å²) in [7, 11) is -0.828. The molecule has 1 nitrogen and oxygen atoms in total. The minimum Gasteiger partial charge on any atom is -0.245 e. The van der Waals surface area contributed by atoms with Crippen LogP contribution in [0.5, 0.6) is 0 Å². The fourth-order valence-corrected chi connectivity index (χ4v) is 5.88. The fraction of sp³-hybridized carbons (Fsp3) is 1.00. The highest BCUT2D eigenvalue weighted by molar-refractivity contribution is 8.86. The van der Waals surface area contributed by atoms with E-state index in [1.54, 1.807) is 0 Å². The van der Waals surface area contributed by atoms with Gasteiger partial charge in [0.05, 0.1) is 5.37 Å². The SMILES string of the molecule is CC(C)(C)C1SCCN1S(C)(C)S. The number of rotatable bonds is 1. The summed E-state index contributed by atoms with van der Waals surface area (Å²) >= 11 is 6.82. The van der Waals surface area contributed by atoms with Gasteiger partial charge in [0.2, 0.25) is 0 Å². The number of thioether (sulfide) groups is 1. The van der Waals surface area contributed by atoms with Gasteiger partial charge in [0.25, 0.3) is 0 Å². The molecule has 1 atom stereocenters. The summed E-state index contributed by atoms with van der Waals surface area (Å²) in [5, 5.41) is 0.648. The summed E-state index contributed by atoms with van der Waals surface area (Å²) < 4.78 is 2.58. The molecule has 1 aliphatic heterocycles. The fourth-order valence-electron chi connectivity index (χ4n) is 1.59. The zero-order chi connectivity index (χ0) is 10.3. The Kier molecular flexibility index (Phi) is 3.60. The van der Waals surface area contributed by atoms with Crippen molar-refractivity contribution in [2.75, 3.05) is 24.8 Å². The molecule has 0 aliphatic carbocycles. The van der Waals surface area contributed by atoms with E-state index in [2.05, 4.69) is 49.3 Å². The Morgan fingerprint density at radius 2 is 1.92 bits per heavy atom. The molecule has 0 N–H and O–H groups in total. The Hall–Kier alpha value is 1.01.